The van der Waals surface area contributed by atoms with Crippen LogP contribution in [0.15, 0.2) is 36.7 Å². The molecule has 7 nitrogen and oxygen atoms in total. The van der Waals surface area contributed by atoms with Crippen LogP contribution in [0.4, 0.5) is 15.0 Å². The van der Waals surface area contributed by atoms with Crippen molar-refractivity contribution >= 4 is 29.0 Å². The second kappa shape index (κ2) is 7.75. The topological polar surface area (TPSA) is 63.0 Å². The minimum absolute atomic E-state index is 0.335. The molecule has 158 valence electrons. The number of carbonyl (C=O) groups excluding carboxylic acids is 1. The van der Waals surface area contributed by atoms with Gasteiger partial charge in [0.05, 0.1) is 17.4 Å². The molecular weight excluding hydrogens is 409 g/mol. The average molecular weight is 432 g/mol. The Morgan fingerprint density at radius 2 is 1.90 bits per heavy atom. The number of ether oxygens (including phenoxy) is 1. The fraction of sp³-hybridized carbons (Fsp3) is 0.381. The predicted molar refractivity (Wildman–Crippen MR) is 113 cm³/mol. The average Bonchev–Trinajstić information content (AvgIpc) is 3.09. The maximum absolute atomic E-state index is 14.4. The van der Waals surface area contributed by atoms with Crippen molar-refractivity contribution in [2.75, 3.05) is 31.1 Å². The van der Waals surface area contributed by atoms with E-state index in [9.17, 15) is 9.18 Å². The molecule has 0 aromatic carbocycles. The molecular formula is C21H23ClFN5O2. The largest absolute Gasteiger partial charge is 0.444 e. The molecule has 0 spiro atoms. The van der Waals surface area contributed by atoms with Crippen molar-refractivity contribution in [1.82, 2.24) is 19.5 Å². The summed E-state index contributed by atoms with van der Waals surface area (Å²) in [6.07, 6.45) is 3.06. The highest BCUT2D eigenvalue weighted by Gasteiger charge is 2.26. The monoisotopic (exact) mass is 431 g/mol. The van der Waals surface area contributed by atoms with Crippen LogP contribution in [0.25, 0.3) is 16.8 Å². The minimum atomic E-state index is -0.537. The van der Waals surface area contributed by atoms with Gasteiger partial charge in [-0.1, -0.05) is 11.6 Å². The number of hydrogen-bond donors (Lipinski definition) is 0. The zero-order valence-corrected chi connectivity index (χ0v) is 17.9. The van der Waals surface area contributed by atoms with Gasteiger partial charge in [0.15, 0.2) is 0 Å². The molecule has 30 heavy (non-hydrogen) atoms. The van der Waals surface area contributed by atoms with Crippen LogP contribution in [-0.4, -0.2) is 57.4 Å². The fourth-order valence-electron chi connectivity index (χ4n) is 3.38. The molecule has 3 aromatic heterocycles. The smallest absolute Gasteiger partial charge is 0.410 e. The van der Waals surface area contributed by atoms with Crippen LogP contribution in [-0.2, 0) is 4.74 Å². The number of halogens is 2. The third kappa shape index (κ3) is 4.33. The number of anilines is 1. The summed E-state index contributed by atoms with van der Waals surface area (Å²) in [6, 6.07) is 6.30. The highest BCUT2D eigenvalue weighted by atomic mass is 35.5. The molecule has 0 atom stereocenters. The molecule has 0 saturated carbocycles. The SMILES string of the molecule is CC(C)(C)OC(=O)N1CCN(c2cc(F)cc(-c3cnn4ccc(Cl)cc34)n2)CC1. The fourth-order valence-corrected chi connectivity index (χ4v) is 3.54. The number of piperazine rings is 1. The van der Waals surface area contributed by atoms with Gasteiger partial charge in [0.25, 0.3) is 0 Å². The molecule has 1 saturated heterocycles. The summed E-state index contributed by atoms with van der Waals surface area (Å²) in [7, 11) is 0. The molecule has 0 bridgehead atoms. The summed E-state index contributed by atoms with van der Waals surface area (Å²) >= 11 is 6.11. The molecule has 0 unspecified atom stereocenters. The van der Waals surface area contributed by atoms with Gasteiger partial charge < -0.3 is 14.5 Å². The van der Waals surface area contributed by atoms with E-state index in [0.717, 1.165) is 5.52 Å². The lowest BCUT2D eigenvalue weighted by atomic mass is 10.1. The summed E-state index contributed by atoms with van der Waals surface area (Å²) in [6.45, 7) is 7.56. The Morgan fingerprint density at radius 1 is 1.17 bits per heavy atom. The lowest BCUT2D eigenvalue weighted by Crippen LogP contribution is -2.50. The Labute approximate surface area is 179 Å². The van der Waals surface area contributed by atoms with Gasteiger partial charge in [0, 0.05) is 55.1 Å². The van der Waals surface area contributed by atoms with Crippen molar-refractivity contribution in [1.29, 1.82) is 0 Å². The number of pyridine rings is 2. The zero-order valence-electron chi connectivity index (χ0n) is 17.1. The van der Waals surface area contributed by atoms with E-state index in [1.165, 1.54) is 12.1 Å². The Balaban J connectivity index is 1.55. The number of hydrogen-bond acceptors (Lipinski definition) is 5. The first-order valence-corrected chi connectivity index (χ1v) is 10.1. The third-order valence-electron chi connectivity index (χ3n) is 4.79. The molecule has 9 heteroatoms. The first kappa shape index (κ1) is 20.4. The van der Waals surface area contributed by atoms with E-state index in [0.29, 0.717) is 48.3 Å². The van der Waals surface area contributed by atoms with Crippen molar-refractivity contribution in [3.63, 3.8) is 0 Å². The lowest BCUT2D eigenvalue weighted by molar-refractivity contribution is 0.0240. The van der Waals surface area contributed by atoms with E-state index in [1.54, 1.807) is 33.9 Å². The van der Waals surface area contributed by atoms with E-state index in [-0.39, 0.29) is 11.9 Å². The van der Waals surface area contributed by atoms with Crippen LogP contribution in [0.1, 0.15) is 20.8 Å². The van der Waals surface area contributed by atoms with Crippen LogP contribution in [0.5, 0.6) is 0 Å². The molecule has 1 fully saturated rings. The van der Waals surface area contributed by atoms with Gasteiger partial charge in [0.2, 0.25) is 0 Å². The predicted octanol–water partition coefficient (Wildman–Crippen LogP) is 4.25. The number of aromatic nitrogens is 3. The summed E-state index contributed by atoms with van der Waals surface area (Å²) in [5.74, 6) is 0.140. The minimum Gasteiger partial charge on any atom is -0.444 e. The van der Waals surface area contributed by atoms with Gasteiger partial charge in [-0.3, -0.25) is 0 Å². The van der Waals surface area contributed by atoms with Gasteiger partial charge in [-0.15, -0.1) is 0 Å². The van der Waals surface area contributed by atoms with Crippen molar-refractivity contribution in [2.45, 2.75) is 26.4 Å². The number of rotatable bonds is 2. The molecule has 1 amide bonds. The summed E-state index contributed by atoms with van der Waals surface area (Å²) < 4.78 is 21.5. The molecule has 1 aliphatic heterocycles. The standard InChI is InChI=1S/C21H23ClFN5O2/c1-21(2,3)30-20(29)27-8-6-26(7-9-27)19-12-15(23)11-17(25-19)16-13-24-28-5-4-14(22)10-18(16)28/h4-5,10-13H,6-9H2,1-3H3. The molecule has 4 heterocycles. The van der Waals surface area contributed by atoms with Gasteiger partial charge >= 0.3 is 6.09 Å². The molecule has 0 N–H and O–H groups in total. The van der Waals surface area contributed by atoms with Crippen LogP contribution in [0, 0.1) is 5.82 Å². The second-order valence-corrected chi connectivity index (χ2v) is 8.65. The molecule has 0 aliphatic carbocycles. The summed E-state index contributed by atoms with van der Waals surface area (Å²) in [5, 5.41) is 4.86. The number of nitrogens with zero attached hydrogens (tertiary/aromatic N) is 5. The number of carbonyl (C=O) groups is 1. The van der Waals surface area contributed by atoms with E-state index >= 15 is 0 Å². The second-order valence-electron chi connectivity index (χ2n) is 8.22. The van der Waals surface area contributed by atoms with Crippen LogP contribution >= 0.6 is 11.6 Å². The summed E-state index contributed by atoms with van der Waals surface area (Å²) in [4.78, 5) is 20.6. The van der Waals surface area contributed by atoms with Gasteiger partial charge in [-0.25, -0.2) is 18.7 Å². The van der Waals surface area contributed by atoms with E-state index < -0.39 is 5.60 Å². The quantitative estimate of drug-likeness (QED) is 0.607. The Morgan fingerprint density at radius 3 is 2.60 bits per heavy atom. The Hall–Kier alpha value is -2.87. The van der Waals surface area contributed by atoms with Gasteiger partial charge in [-0.05, 0) is 32.9 Å². The van der Waals surface area contributed by atoms with Gasteiger partial charge in [-0.2, -0.15) is 5.10 Å². The van der Waals surface area contributed by atoms with E-state index in [2.05, 4.69) is 10.1 Å². The van der Waals surface area contributed by atoms with Crippen molar-refractivity contribution in [3.8, 4) is 11.3 Å². The van der Waals surface area contributed by atoms with E-state index in [4.69, 9.17) is 16.3 Å². The van der Waals surface area contributed by atoms with Crippen molar-refractivity contribution in [3.05, 3.63) is 47.5 Å². The first-order chi connectivity index (χ1) is 14.2. The van der Waals surface area contributed by atoms with Crippen LogP contribution < -0.4 is 4.90 Å². The Bertz CT molecular complexity index is 1090. The van der Waals surface area contributed by atoms with E-state index in [1.807, 2.05) is 25.7 Å². The van der Waals surface area contributed by atoms with Crippen LogP contribution in [0.3, 0.4) is 0 Å². The maximum atomic E-state index is 14.4. The molecule has 4 rings (SSSR count). The number of amides is 1. The third-order valence-corrected chi connectivity index (χ3v) is 5.03. The highest BCUT2D eigenvalue weighted by molar-refractivity contribution is 6.31. The van der Waals surface area contributed by atoms with Crippen molar-refractivity contribution in [2.24, 2.45) is 0 Å². The summed E-state index contributed by atoms with van der Waals surface area (Å²) in [5.41, 5.74) is 1.40. The highest BCUT2D eigenvalue weighted by Crippen LogP contribution is 2.28. The Kier molecular flexibility index (Phi) is 5.27. The zero-order chi connectivity index (χ0) is 21.5. The molecule has 0 radical (unpaired) electrons. The molecule has 1 aliphatic rings. The van der Waals surface area contributed by atoms with Gasteiger partial charge in [0.1, 0.15) is 17.2 Å². The lowest BCUT2D eigenvalue weighted by Gasteiger charge is -2.36. The first-order valence-electron chi connectivity index (χ1n) is 9.73. The number of fused-ring (bicyclic) bond motifs is 1. The maximum Gasteiger partial charge on any atom is 0.410 e. The normalized spacial score (nSPS) is 15.0. The van der Waals surface area contributed by atoms with Crippen LogP contribution in [0.2, 0.25) is 5.02 Å². The molecule has 3 aromatic rings. The van der Waals surface area contributed by atoms with Crippen molar-refractivity contribution < 1.29 is 13.9 Å².